The summed E-state index contributed by atoms with van der Waals surface area (Å²) in [5.74, 6) is -0.464. The van der Waals surface area contributed by atoms with Gasteiger partial charge in [0.05, 0.1) is 25.7 Å². The monoisotopic (exact) mass is 272 g/mol. The fourth-order valence-electron chi connectivity index (χ4n) is 1.96. The number of carbonyl (C=O) groups excluding carboxylic acids is 2. The van der Waals surface area contributed by atoms with E-state index in [-0.39, 0.29) is 30.8 Å². The molecular weight excluding hydrogens is 248 g/mol. The number of nitrogens with one attached hydrogen (secondary N) is 1. The first kappa shape index (κ1) is 15.9. The summed E-state index contributed by atoms with van der Waals surface area (Å²) in [5, 5.41) is 2.80. The molecule has 1 aliphatic rings. The van der Waals surface area contributed by atoms with E-state index in [1.165, 1.54) is 0 Å². The smallest absolute Gasteiger partial charge is 0.306 e. The number of amides is 1. The fourth-order valence-corrected chi connectivity index (χ4v) is 1.96. The van der Waals surface area contributed by atoms with E-state index < -0.39 is 0 Å². The molecule has 0 aromatic carbocycles. The summed E-state index contributed by atoms with van der Waals surface area (Å²) >= 11 is 0. The van der Waals surface area contributed by atoms with Crippen LogP contribution in [0.15, 0.2) is 0 Å². The van der Waals surface area contributed by atoms with Gasteiger partial charge in [-0.2, -0.15) is 0 Å². The molecule has 1 rings (SSSR count). The lowest BCUT2D eigenvalue weighted by Crippen LogP contribution is -2.47. The first-order valence-corrected chi connectivity index (χ1v) is 6.92. The van der Waals surface area contributed by atoms with Gasteiger partial charge in [0.15, 0.2) is 0 Å². The van der Waals surface area contributed by atoms with Crippen LogP contribution in [0.25, 0.3) is 0 Å². The zero-order valence-corrected chi connectivity index (χ0v) is 11.8. The lowest BCUT2D eigenvalue weighted by Gasteiger charge is -2.32. The van der Waals surface area contributed by atoms with Gasteiger partial charge < -0.3 is 14.8 Å². The van der Waals surface area contributed by atoms with Gasteiger partial charge in [0.25, 0.3) is 0 Å². The third-order valence-electron chi connectivity index (χ3n) is 3.06. The van der Waals surface area contributed by atoms with Crippen molar-refractivity contribution in [3.63, 3.8) is 0 Å². The number of hydrogen-bond acceptors (Lipinski definition) is 5. The molecule has 1 unspecified atom stereocenters. The standard InChI is InChI=1S/C13H24N2O4/c1-3-15-7-8-19-11(10-15)9-14-12(16)5-6-13(17)18-4-2/h11H,3-10H2,1-2H3,(H,14,16). The van der Waals surface area contributed by atoms with Crippen molar-refractivity contribution < 1.29 is 19.1 Å². The number of nitrogens with zero attached hydrogens (tertiary/aromatic N) is 1. The minimum Gasteiger partial charge on any atom is -0.466 e. The molecule has 1 fully saturated rings. The van der Waals surface area contributed by atoms with Gasteiger partial charge in [-0.15, -0.1) is 0 Å². The Morgan fingerprint density at radius 3 is 2.84 bits per heavy atom. The van der Waals surface area contributed by atoms with Gasteiger partial charge in [-0.3, -0.25) is 14.5 Å². The van der Waals surface area contributed by atoms with Gasteiger partial charge in [-0.25, -0.2) is 0 Å². The molecule has 0 aliphatic carbocycles. The van der Waals surface area contributed by atoms with E-state index in [2.05, 4.69) is 17.1 Å². The predicted molar refractivity (Wildman–Crippen MR) is 70.7 cm³/mol. The minimum atomic E-state index is -0.330. The third-order valence-corrected chi connectivity index (χ3v) is 3.06. The van der Waals surface area contributed by atoms with Crippen LogP contribution in [0.4, 0.5) is 0 Å². The summed E-state index contributed by atoms with van der Waals surface area (Å²) < 4.78 is 10.3. The van der Waals surface area contributed by atoms with Crippen molar-refractivity contribution in [1.82, 2.24) is 10.2 Å². The summed E-state index contributed by atoms with van der Waals surface area (Å²) in [6, 6.07) is 0. The molecule has 0 saturated carbocycles. The molecule has 0 aromatic heterocycles. The number of hydrogen-bond donors (Lipinski definition) is 1. The zero-order valence-electron chi connectivity index (χ0n) is 11.8. The van der Waals surface area contributed by atoms with Crippen LogP contribution in [0.3, 0.4) is 0 Å². The average Bonchev–Trinajstić information content (AvgIpc) is 2.43. The maximum Gasteiger partial charge on any atom is 0.306 e. The van der Waals surface area contributed by atoms with Crippen molar-refractivity contribution in [3.05, 3.63) is 0 Å². The van der Waals surface area contributed by atoms with Crippen LogP contribution in [-0.4, -0.2) is 62.3 Å². The molecule has 0 aromatic rings. The van der Waals surface area contributed by atoms with Crippen LogP contribution in [0.1, 0.15) is 26.7 Å². The molecule has 0 spiro atoms. The predicted octanol–water partition coefficient (Wildman–Crippen LogP) is 0.167. The molecule has 1 aliphatic heterocycles. The molecule has 1 atom stereocenters. The Hall–Kier alpha value is -1.14. The van der Waals surface area contributed by atoms with Gasteiger partial charge in [0, 0.05) is 26.1 Å². The van der Waals surface area contributed by atoms with Crippen molar-refractivity contribution >= 4 is 11.9 Å². The minimum absolute atomic E-state index is 0.0419. The third kappa shape index (κ3) is 6.54. The van der Waals surface area contributed by atoms with E-state index in [1.54, 1.807) is 6.92 Å². The van der Waals surface area contributed by atoms with Crippen LogP contribution >= 0.6 is 0 Å². The molecule has 0 bridgehead atoms. The Morgan fingerprint density at radius 2 is 2.16 bits per heavy atom. The Kier molecular flexibility index (Phi) is 7.43. The summed E-state index contributed by atoms with van der Waals surface area (Å²) in [5.41, 5.74) is 0. The van der Waals surface area contributed by atoms with E-state index in [0.29, 0.717) is 19.8 Å². The van der Waals surface area contributed by atoms with E-state index in [1.807, 2.05) is 0 Å². The lowest BCUT2D eigenvalue weighted by molar-refractivity contribution is -0.144. The largest absolute Gasteiger partial charge is 0.466 e. The van der Waals surface area contributed by atoms with Gasteiger partial charge >= 0.3 is 5.97 Å². The molecule has 110 valence electrons. The first-order chi connectivity index (χ1) is 9.15. The Bertz CT molecular complexity index is 296. The maximum absolute atomic E-state index is 11.6. The van der Waals surface area contributed by atoms with E-state index in [9.17, 15) is 9.59 Å². The van der Waals surface area contributed by atoms with E-state index >= 15 is 0 Å². The van der Waals surface area contributed by atoms with Crippen molar-refractivity contribution in [3.8, 4) is 0 Å². The summed E-state index contributed by atoms with van der Waals surface area (Å²) in [7, 11) is 0. The average molecular weight is 272 g/mol. The highest BCUT2D eigenvalue weighted by atomic mass is 16.5. The highest BCUT2D eigenvalue weighted by Crippen LogP contribution is 2.03. The van der Waals surface area contributed by atoms with Crippen LogP contribution < -0.4 is 5.32 Å². The second-order valence-corrected chi connectivity index (χ2v) is 4.50. The quantitative estimate of drug-likeness (QED) is 0.669. The van der Waals surface area contributed by atoms with Crippen LogP contribution in [-0.2, 0) is 19.1 Å². The number of carbonyl (C=O) groups is 2. The first-order valence-electron chi connectivity index (χ1n) is 6.92. The number of ether oxygens (including phenoxy) is 2. The molecule has 19 heavy (non-hydrogen) atoms. The number of likely N-dealkylation sites (N-methyl/N-ethyl adjacent to an activating group) is 1. The Balaban J connectivity index is 2.14. The van der Waals surface area contributed by atoms with E-state index in [0.717, 1.165) is 19.6 Å². The Labute approximate surface area is 114 Å². The Morgan fingerprint density at radius 1 is 1.37 bits per heavy atom. The number of morpholine rings is 1. The van der Waals surface area contributed by atoms with Crippen LogP contribution in [0.5, 0.6) is 0 Å². The van der Waals surface area contributed by atoms with Crippen LogP contribution in [0, 0.1) is 0 Å². The van der Waals surface area contributed by atoms with Gasteiger partial charge in [-0.1, -0.05) is 6.92 Å². The summed E-state index contributed by atoms with van der Waals surface area (Å²) in [6.45, 7) is 8.20. The van der Waals surface area contributed by atoms with Crippen molar-refractivity contribution in [2.45, 2.75) is 32.8 Å². The molecule has 1 saturated heterocycles. The van der Waals surface area contributed by atoms with Crippen molar-refractivity contribution in [2.24, 2.45) is 0 Å². The van der Waals surface area contributed by atoms with Crippen molar-refractivity contribution in [2.75, 3.05) is 39.4 Å². The second-order valence-electron chi connectivity index (χ2n) is 4.50. The van der Waals surface area contributed by atoms with Gasteiger partial charge in [0.2, 0.25) is 5.91 Å². The molecule has 1 N–H and O–H groups in total. The molecule has 6 heteroatoms. The number of esters is 1. The molecule has 1 amide bonds. The SMILES string of the molecule is CCOC(=O)CCC(=O)NCC1CN(CC)CCO1. The van der Waals surface area contributed by atoms with E-state index in [4.69, 9.17) is 9.47 Å². The van der Waals surface area contributed by atoms with Gasteiger partial charge in [0.1, 0.15) is 0 Å². The van der Waals surface area contributed by atoms with Gasteiger partial charge in [-0.05, 0) is 13.5 Å². The maximum atomic E-state index is 11.6. The lowest BCUT2D eigenvalue weighted by atomic mass is 10.2. The zero-order chi connectivity index (χ0) is 14.1. The summed E-state index contributed by atoms with van der Waals surface area (Å²) in [6.07, 6.45) is 0.343. The number of rotatable bonds is 7. The molecule has 1 heterocycles. The highest BCUT2D eigenvalue weighted by molar-refractivity contribution is 5.81. The second kappa shape index (κ2) is 8.87. The highest BCUT2D eigenvalue weighted by Gasteiger charge is 2.19. The topological polar surface area (TPSA) is 67.9 Å². The molecule has 6 nitrogen and oxygen atoms in total. The molecular formula is C13H24N2O4. The fraction of sp³-hybridized carbons (Fsp3) is 0.846. The normalized spacial score (nSPS) is 20.0. The van der Waals surface area contributed by atoms with Crippen molar-refractivity contribution in [1.29, 1.82) is 0 Å². The van der Waals surface area contributed by atoms with Crippen LogP contribution in [0.2, 0.25) is 0 Å². The summed E-state index contributed by atoms with van der Waals surface area (Å²) in [4.78, 5) is 24.9. The molecule has 0 radical (unpaired) electrons.